The van der Waals surface area contributed by atoms with Gasteiger partial charge in [-0.15, -0.1) is 0 Å². The summed E-state index contributed by atoms with van der Waals surface area (Å²) in [5.41, 5.74) is 4.39. The Bertz CT molecular complexity index is 1170. The number of hydrogen-bond acceptors (Lipinski definition) is 3. The molecule has 0 aliphatic rings. The monoisotopic (exact) mass is 407 g/mol. The van der Waals surface area contributed by atoms with E-state index in [1.807, 2.05) is 42.5 Å². The van der Waals surface area contributed by atoms with Crippen molar-refractivity contribution in [2.24, 2.45) is 0 Å². The van der Waals surface area contributed by atoms with Gasteiger partial charge >= 0.3 is 0 Å². The highest BCUT2D eigenvalue weighted by atomic mass is 16.2. The number of amides is 2. The van der Waals surface area contributed by atoms with E-state index in [1.165, 1.54) is 5.56 Å². The number of rotatable bonds is 6. The molecule has 5 nitrogen and oxygen atoms in total. The van der Waals surface area contributed by atoms with Crippen molar-refractivity contribution >= 4 is 23.2 Å². The lowest BCUT2D eigenvalue weighted by atomic mass is 10.1. The zero-order valence-electron chi connectivity index (χ0n) is 16.8. The van der Waals surface area contributed by atoms with Crippen molar-refractivity contribution in [3.8, 4) is 0 Å². The molecule has 2 amide bonds. The number of benzene rings is 3. The van der Waals surface area contributed by atoms with Gasteiger partial charge in [0.15, 0.2) is 0 Å². The zero-order valence-corrected chi connectivity index (χ0v) is 16.8. The zero-order chi connectivity index (χ0) is 21.5. The second kappa shape index (κ2) is 9.50. The standard InChI is InChI=1S/C26H21N3O2/c30-25(21-6-2-1-3-7-21)29-24-9-5-4-8-23(24)26(31)28-22-12-10-19(11-13-22)18-20-14-16-27-17-15-20/h1-17H,18H2,(H,28,31)(H,29,30). The van der Waals surface area contributed by atoms with Crippen molar-refractivity contribution < 1.29 is 9.59 Å². The summed E-state index contributed by atoms with van der Waals surface area (Å²) in [5.74, 6) is -0.549. The fourth-order valence-electron chi connectivity index (χ4n) is 3.21. The van der Waals surface area contributed by atoms with Gasteiger partial charge in [-0.25, -0.2) is 0 Å². The number of anilines is 2. The Kier molecular flexibility index (Phi) is 6.14. The summed E-state index contributed by atoms with van der Waals surface area (Å²) in [4.78, 5) is 29.4. The van der Waals surface area contributed by atoms with Crippen molar-refractivity contribution in [2.75, 3.05) is 10.6 Å². The summed E-state index contributed by atoms with van der Waals surface area (Å²) in [6.07, 6.45) is 4.35. The van der Waals surface area contributed by atoms with Crippen LogP contribution in [0.2, 0.25) is 0 Å². The molecule has 1 heterocycles. The van der Waals surface area contributed by atoms with Crippen molar-refractivity contribution in [1.82, 2.24) is 4.98 Å². The fourth-order valence-corrected chi connectivity index (χ4v) is 3.21. The second-order valence-electron chi connectivity index (χ2n) is 7.05. The average Bonchev–Trinajstić information content (AvgIpc) is 2.82. The molecule has 5 heteroatoms. The van der Waals surface area contributed by atoms with Crippen LogP contribution in [0.4, 0.5) is 11.4 Å². The third-order valence-corrected chi connectivity index (χ3v) is 4.83. The van der Waals surface area contributed by atoms with E-state index >= 15 is 0 Å². The molecule has 4 aromatic rings. The molecule has 0 radical (unpaired) electrons. The molecule has 0 aliphatic carbocycles. The summed E-state index contributed by atoms with van der Waals surface area (Å²) in [6, 6.07) is 27.5. The van der Waals surface area contributed by atoms with Crippen LogP contribution in [0.1, 0.15) is 31.8 Å². The van der Waals surface area contributed by atoms with E-state index < -0.39 is 0 Å². The summed E-state index contributed by atoms with van der Waals surface area (Å²) >= 11 is 0. The van der Waals surface area contributed by atoms with Gasteiger partial charge in [0.2, 0.25) is 0 Å². The summed E-state index contributed by atoms with van der Waals surface area (Å²) in [7, 11) is 0. The number of nitrogens with one attached hydrogen (secondary N) is 2. The molecule has 1 aromatic heterocycles. The maximum atomic E-state index is 12.9. The predicted molar refractivity (Wildman–Crippen MR) is 122 cm³/mol. The number of carbonyl (C=O) groups is 2. The Morgan fingerprint density at radius 3 is 2.03 bits per heavy atom. The highest BCUT2D eigenvalue weighted by molar-refractivity contribution is 6.12. The van der Waals surface area contributed by atoms with Gasteiger partial charge in [0, 0.05) is 23.6 Å². The van der Waals surface area contributed by atoms with Crippen molar-refractivity contribution in [2.45, 2.75) is 6.42 Å². The van der Waals surface area contributed by atoms with Crippen LogP contribution in [0, 0.1) is 0 Å². The quantitative estimate of drug-likeness (QED) is 0.463. The van der Waals surface area contributed by atoms with Crippen LogP contribution in [-0.4, -0.2) is 16.8 Å². The lowest BCUT2D eigenvalue weighted by molar-refractivity contribution is 0.102. The molecular formula is C26H21N3O2. The third kappa shape index (κ3) is 5.22. The third-order valence-electron chi connectivity index (χ3n) is 4.83. The van der Waals surface area contributed by atoms with Crippen LogP contribution in [0.15, 0.2) is 103 Å². The molecular weight excluding hydrogens is 386 g/mol. The normalized spacial score (nSPS) is 10.3. The van der Waals surface area contributed by atoms with E-state index in [9.17, 15) is 9.59 Å². The maximum Gasteiger partial charge on any atom is 0.257 e. The van der Waals surface area contributed by atoms with Crippen molar-refractivity contribution in [3.05, 3.63) is 126 Å². The fraction of sp³-hybridized carbons (Fsp3) is 0.0385. The smallest absolute Gasteiger partial charge is 0.257 e. The van der Waals surface area contributed by atoms with Crippen molar-refractivity contribution in [3.63, 3.8) is 0 Å². The molecule has 4 rings (SSSR count). The molecule has 0 spiro atoms. The Morgan fingerprint density at radius 2 is 1.29 bits per heavy atom. The minimum Gasteiger partial charge on any atom is -0.322 e. The summed E-state index contributed by atoms with van der Waals surface area (Å²) in [6.45, 7) is 0. The lowest BCUT2D eigenvalue weighted by Gasteiger charge is -2.12. The van der Waals surface area contributed by atoms with Gasteiger partial charge in [0.25, 0.3) is 11.8 Å². The highest BCUT2D eigenvalue weighted by Gasteiger charge is 2.14. The van der Waals surface area contributed by atoms with Gasteiger partial charge in [0.05, 0.1) is 11.3 Å². The van der Waals surface area contributed by atoms with Gasteiger partial charge < -0.3 is 10.6 Å². The SMILES string of the molecule is O=C(Nc1ccccc1C(=O)Nc1ccc(Cc2ccncc2)cc1)c1ccccc1. The molecule has 31 heavy (non-hydrogen) atoms. The summed E-state index contributed by atoms with van der Waals surface area (Å²) in [5, 5.41) is 5.73. The predicted octanol–water partition coefficient (Wildman–Crippen LogP) is 5.18. The number of para-hydroxylation sites is 1. The Hall–Kier alpha value is -4.25. The lowest BCUT2D eigenvalue weighted by Crippen LogP contribution is -2.18. The van der Waals surface area contributed by atoms with Crippen LogP contribution >= 0.6 is 0 Å². The van der Waals surface area contributed by atoms with E-state index in [-0.39, 0.29) is 11.8 Å². The van der Waals surface area contributed by atoms with E-state index in [0.29, 0.717) is 22.5 Å². The minimum absolute atomic E-state index is 0.263. The molecule has 3 aromatic carbocycles. The Labute approximate surface area is 180 Å². The van der Waals surface area contributed by atoms with E-state index in [1.54, 1.807) is 60.9 Å². The molecule has 2 N–H and O–H groups in total. The molecule has 0 aliphatic heterocycles. The van der Waals surface area contributed by atoms with Crippen molar-refractivity contribution in [1.29, 1.82) is 0 Å². The van der Waals surface area contributed by atoms with E-state index in [0.717, 1.165) is 12.0 Å². The molecule has 0 bridgehead atoms. The minimum atomic E-state index is -0.286. The molecule has 0 saturated carbocycles. The van der Waals surface area contributed by atoms with Gasteiger partial charge in [-0.05, 0) is 66.1 Å². The molecule has 0 atom stereocenters. The van der Waals surface area contributed by atoms with E-state index in [4.69, 9.17) is 0 Å². The number of aromatic nitrogens is 1. The number of pyridine rings is 1. The highest BCUT2D eigenvalue weighted by Crippen LogP contribution is 2.19. The molecule has 0 saturated heterocycles. The van der Waals surface area contributed by atoms with Gasteiger partial charge in [-0.2, -0.15) is 0 Å². The average molecular weight is 407 g/mol. The van der Waals surface area contributed by atoms with Gasteiger partial charge in [-0.1, -0.05) is 42.5 Å². The summed E-state index contributed by atoms with van der Waals surface area (Å²) < 4.78 is 0. The Balaban J connectivity index is 1.45. The first-order valence-corrected chi connectivity index (χ1v) is 9.94. The van der Waals surface area contributed by atoms with Crippen LogP contribution in [0.3, 0.4) is 0 Å². The maximum absolute atomic E-state index is 12.9. The first-order chi connectivity index (χ1) is 15.2. The second-order valence-corrected chi connectivity index (χ2v) is 7.05. The Morgan fingerprint density at radius 1 is 0.645 bits per heavy atom. The van der Waals surface area contributed by atoms with Crippen LogP contribution < -0.4 is 10.6 Å². The number of carbonyl (C=O) groups excluding carboxylic acids is 2. The number of nitrogens with zero attached hydrogens (tertiary/aromatic N) is 1. The largest absolute Gasteiger partial charge is 0.322 e. The van der Waals surface area contributed by atoms with E-state index in [2.05, 4.69) is 15.6 Å². The topological polar surface area (TPSA) is 71.1 Å². The first kappa shape index (κ1) is 20.0. The molecule has 152 valence electrons. The van der Waals surface area contributed by atoms with Crippen LogP contribution in [-0.2, 0) is 6.42 Å². The van der Waals surface area contributed by atoms with Crippen LogP contribution in [0.25, 0.3) is 0 Å². The van der Waals surface area contributed by atoms with Gasteiger partial charge in [0.1, 0.15) is 0 Å². The molecule has 0 unspecified atom stereocenters. The first-order valence-electron chi connectivity index (χ1n) is 9.94. The number of hydrogen-bond donors (Lipinski definition) is 2. The van der Waals surface area contributed by atoms with Gasteiger partial charge in [-0.3, -0.25) is 14.6 Å². The van der Waals surface area contributed by atoms with Crippen LogP contribution in [0.5, 0.6) is 0 Å². The molecule has 0 fully saturated rings.